The first kappa shape index (κ1) is 14.9. The molecule has 0 unspecified atom stereocenters. The molecule has 0 radical (unpaired) electrons. The first-order valence-electron chi connectivity index (χ1n) is 8.33. The van der Waals surface area contributed by atoms with Crippen molar-refractivity contribution in [2.75, 3.05) is 0 Å². The molecule has 0 heteroatoms. The van der Waals surface area contributed by atoms with Gasteiger partial charge in [-0.1, -0.05) is 26.0 Å². The zero-order valence-corrected chi connectivity index (χ0v) is 13.0. The van der Waals surface area contributed by atoms with Crippen molar-refractivity contribution in [3.63, 3.8) is 0 Å². The molecule has 2 rings (SSSR count). The summed E-state index contributed by atoms with van der Waals surface area (Å²) < 4.78 is 0. The minimum atomic E-state index is 0.540. The summed E-state index contributed by atoms with van der Waals surface area (Å²) in [5.74, 6) is 3.47. The monoisotopic (exact) mass is 260 g/mol. The predicted molar refractivity (Wildman–Crippen MR) is 85.1 cm³/mol. The second-order valence-electron chi connectivity index (χ2n) is 7.52. The summed E-state index contributed by atoms with van der Waals surface area (Å²) in [6.45, 7) is 13.0. The van der Waals surface area contributed by atoms with E-state index in [2.05, 4.69) is 39.2 Å². The van der Waals surface area contributed by atoms with Gasteiger partial charge in [0.25, 0.3) is 0 Å². The normalized spacial score (nSPS) is 36.7. The summed E-state index contributed by atoms with van der Waals surface area (Å²) >= 11 is 0. The molecule has 0 aromatic rings. The van der Waals surface area contributed by atoms with Crippen LogP contribution in [0.25, 0.3) is 0 Å². The highest BCUT2D eigenvalue weighted by Crippen LogP contribution is 2.49. The Bertz CT molecular complexity index is 266. The van der Waals surface area contributed by atoms with E-state index in [9.17, 15) is 0 Å². The summed E-state index contributed by atoms with van der Waals surface area (Å²) in [6, 6.07) is 0. The molecule has 0 atom stereocenters. The average Bonchev–Trinajstić information content (AvgIpc) is 2.47. The molecular weight excluding hydrogens is 228 g/mol. The van der Waals surface area contributed by atoms with Gasteiger partial charge >= 0.3 is 0 Å². The van der Waals surface area contributed by atoms with Crippen LogP contribution >= 0.6 is 0 Å². The van der Waals surface area contributed by atoms with Crippen molar-refractivity contribution in [3.05, 3.63) is 25.3 Å². The van der Waals surface area contributed by atoms with Crippen LogP contribution in [0, 0.1) is 29.1 Å². The van der Waals surface area contributed by atoms with Gasteiger partial charge in [-0.05, 0) is 80.5 Å². The second kappa shape index (κ2) is 6.29. The molecule has 0 nitrogen and oxygen atoms in total. The molecule has 19 heavy (non-hydrogen) atoms. The second-order valence-corrected chi connectivity index (χ2v) is 7.52. The fourth-order valence-corrected chi connectivity index (χ4v) is 4.53. The summed E-state index contributed by atoms with van der Waals surface area (Å²) in [5.41, 5.74) is 0.540. The molecule has 0 saturated heterocycles. The number of allylic oxidation sites excluding steroid dienone is 2. The van der Waals surface area contributed by atoms with Crippen molar-refractivity contribution in [3.8, 4) is 0 Å². The lowest BCUT2D eigenvalue weighted by atomic mass is 9.59. The molecule has 0 bridgehead atoms. The molecule has 0 spiro atoms. The fraction of sp³-hybridized carbons (Fsp3) is 0.789. The van der Waals surface area contributed by atoms with Gasteiger partial charge in [0.15, 0.2) is 0 Å². The Morgan fingerprint density at radius 2 is 1.00 bits per heavy atom. The molecule has 0 aromatic heterocycles. The summed E-state index contributed by atoms with van der Waals surface area (Å²) in [7, 11) is 0. The van der Waals surface area contributed by atoms with E-state index < -0.39 is 0 Å². The van der Waals surface area contributed by atoms with Crippen molar-refractivity contribution in [1.82, 2.24) is 0 Å². The Labute approximate surface area is 120 Å². The first-order chi connectivity index (χ1) is 9.07. The van der Waals surface area contributed by atoms with E-state index in [1.807, 2.05) is 0 Å². The van der Waals surface area contributed by atoms with Gasteiger partial charge in [-0.25, -0.2) is 0 Å². The van der Waals surface area contributed by atoms with Crippen molar-refractivity contribution in [2.24, 2.45) is 29.1 Å². The van der Waals surface area contributed by atoms with Crippen LogP contribution in [0.2, 0.25) is 0 Å². The number of hydrogen-bond acceptors (Lipinski definition) is 0. The maximum Gasteiger partial charge on any atom is -0.0236 e. The Kier molecular flexibility index (Phi) is 4.92. The van der Waals surface area contributed by atoms with Crippen molar-refractivity contribution < 1.29 is 0 Å². The van der Waals surface area contributed by atoms with E-state index in [1.165, 1.54) is 51.4 Å². The van der Waals surface area contributed by atoms with Gasteiger partial charge in [0, 0.05) is 0 Å². The summed E-state index contributed by atoms with van der Waals surface area (Å²) in [4.78, 5) is 0. The highest BCUT2D eigenvalue weighted by molar-refractivity contribution is 4.94. The maximum atomic E-state index is 3.97. The maximum absolute atomic E-state index is 3.97. The first-order valence-corrected chi connectivity index (χ1v) is 8.33. The minimum Gasteiger partial charge on any atom is -0.103 e. The van der Waals surface area contributed by atoms with Crippen LogP contribution in [-0.2, 0) is 0 Å². The smallest absolute Gasteiger partial charge is 0.0236 e. The van der Waals surface area contributed by atoms with E-state index in [4.69, 9.17) is 0 Å². The molecule has 0 heterocycles. The zero-order chi connectivity index (χ0) is 13.9. The fourth-order valence-electron chi connectivity index (χ4n) is 4.53. The topological polar surface area (TPSA) is 0 Å². The number of rotatable bonds is 4. The van der Waals surface area contributed by atoms with E-state index in [0.717, 1.165) is 23.7 Å². The molecule has 2 saturated carbocycles. The lowest BCUT2D eigenvalue weighted by Gasteiger charge is -2.46. The largest absolute Gasteiger partial charge is 0.103 e. The Morgan fingerprint density at radius 1 is 0.684 bits per heavy atom. The SMILES string of the molecule is C=CC1CCC(C(C)(C)C2CCC(C=C)CC2)CC1. The summed E-state index contributed by atoms with van der Waals surface area (Å²) in [6.07, 6.45) is 15.5. The zero-order valence-electron chi connectivity index (χ0n) is 13.0. The molecular formula is C19H32. The Hall–Kier alpha value is -0.520. The van der Waals surface area contributed by atoms with Crippen LogP contribution in [0.5, 0.6) is 0 Å². The van der Waals surface area contributed by atoms with Gasteiger partial charge in [0.05, 0.1) is 0 Å². The molecule has 2 fully saturated rings. The average molecular weight is 260 g/mol. The number of hydrogen-bond donors (Lipinski definition) is 0. The lowest BCUT2D eigenvalue weighted by Crippen LogP contribution is -2.36. The highest BCUT2D eigenvalue weighted by Gasteiger charge is 2.39. The standard InChI is InChI=1S/C19H32/c1-5-15-7-11-17(12-8-15)19(3,4)18-13-9-16(6-2)10-14-18/h5-6,15-18H,1-2,7-14H2,3-4H3. The van der Waals surface area contributed by atoms with E-state index >= 15 is 0 Å². The molecule has 108 valence electrons. The van der Waals surface area contributed by atoms with Crippen LogP contribution < -0.4 is 0 Å². The van der Waals surface area contributed by atoms with Crippen LogP contribution in [0.1, 0.15) is 65.2 Å². The Balaban J connectivity index is 1.91. The Morgan fingerprint density at radius 3 is 1.26 bits per heavy atom. The molecule has 0 amide bonds. The van der Waals surface area contributed by atoms with Gasteiger partial charge < -0.3 is 0 Å². The quantitative estimate of drug-likeness (QED) is 0.544. The van der Waals surface area contributed by atoms with Crippen molar-refractivity contribution >= 4 is 0 Å². The predicted octanol–water partition coefficient (Wildman–Crippen LogP) is 6.00. The van der Waals surface area contributed by atoms with E-state index in [1.54, 1.807) is 0 Å². The third-order valence-corrected chi connectivity index (χ3v) is 6.31. The van der Waals surface area contributed by atoms with Gasteiger partial charge in [-0.2, -0.15) is 0 Å². The van der Waals surface area contributed by atoms with Crippen LogP contribution in [0.15, 0.2) is 25.3 Å². The van der Waals surface area contributed by atoms with Crippen LogP contribution in [0.3, 0.4) is 0 Å². The highest BCUT2D eigenvalue weighted by atomic mass is 14.4. The lowest BCUT2D eigenvalue weighted by molar-refractivity contribution is 0.0468. The molecule has 2 aliphatic carbocycles. The third kappa shape index (κ3) is 3.33. The molecule has 0 aliphatic heterocycles. The van der Waals surface area contributed by atoms with Crippen molar-refractivity contribution in [2.45, 2.75) is 65.2 Å². The molecule has 0 N–H and O–H groups in total. The molecule has 2 aliphatic rings. The van der Waals surface area contributed by atoms with Gasteiger partial charge in [0.1, 0.15) is 0 Å². The van der Waals surface area contributed by atoms with E-state index in [-0.39, 0.29) is 0 Å². The van der Waals surface area contributed by atoms with Crippen molar-refractivity contribution in [1.29, 1.82) is 0 Å². The van der Waals surface area contributed by atoms with Crippen LogP contribution in [-0.4, -0.2) is 0 Å². The minimum absolute atomic E-state index is 0.540. The van der Waals surface area contributed by atoms with Gasteiger partial charge in [0.2, 0.25) is 0 Å². The molecule has 0 aromatic carbocycles. The van der Waals surface area contributed by atoms with Gasteiger partial charge in [-0.15, -0.1) is 13.2 Å². The van der Waals surface area contributed by atoms with Gasteiger partial charge in [-0.3, -0.25) is 0 Å². The summed E-state index contributed by atoms with van der Waals surface area (Å²) in [5, 5.41) is 0. The van der Waals surface area contributed by atoms with E-state index in [0.29, 0.717) is 5.41 Å². The van der Waals surface area contributed by atoms with Crippen LogP contribution in [0.4, 0.5) is 0 Å². The third-order valence-electron chi connectivity index (χ3n) is 6.31.